The van der Waals surface area contributed by atoms with E-state index in [1.807, 2.05) is 55.6 Å². The van der Waals surface area contributed by atoms with Crippen molar-refractivity contribution in [3.63, 3.8) is 0 Å². The van der Waals surface area contributed by atoms with Crippen LogP contribution in [0.5, 0.6) is 0 Å². The highest BCUT2D eigenvalue weighted by Crippen LogP contribution is 2.46. The van der Waals surface area contributed by atoms with Crippen LogP contribution in [0.25, 0.3) is 10.8 Å². The molecular formula is C29H27N5O2. The van der Waals surface area contributed by atoms with E-state index < -0.39 is 5.91 Å². The molecule has 1 aliphatic rings. The van der Waals surface area contributed by atoms with Gasteiger partial charge in [-0.3, -0.25) is 9.59 Å². The van der Waals surface area contributed by atoms with Gasteiger partial charge in [0.25, 0.3) is 11.5 Å². The average Bonchev–Trinajstić information content (AvgIpc) is 3.09. The van der Waals surface area contributed by atoms with Crippen LogP contribution >= 0.6 is 0 Å². The zero-order valence-electron chi connectivity index (χ0n) is 20.5. The molecule has 0 bridgehead atoms. The molecule has 5 rings (SSSR count). The van der Waals surface area contributed by atoms with Gasteiger partial charge in [0, 0.05) is 35.4 Å². The highest BCUT2D eigenvalue weighted by molar-refractivity contribution is 6.04. The molecule has 0 aliphatic carbocycles. The molecule has 0 atom stereocenters. The van der Waals surface area contributed by atoms with E-state index in [2.05, 4.69) is 46.5 Å². The number of allylic oxidation sites excluding steroid dienone is 2. The van der Waals surface area contributed by atoms with Gasteiger partial charge < -0.3 is 4.90 Å². The second kappa shape index (κ2) is 9.26. The van der Waals surface area contributed by atoms with Crippen LogP contribution in [0.1, 0.15) is 35.5 Å². The van der Waals surface area contributed by atoms with Gasteiger partial charge in [-0.1, -0.05) is 80.6 Å². The molecule has 7 nitrogen and oxygen atoms in total. The summed E-state index contributed by atoms with van der Waals surface area (Å²) in [6, 6.07) is 24.8. The SMILES string of the molecule is CN1/C(=C\C=N\NC(=O)c2nn(Cc3ccccc3)c(=O)c3ccccc23)C(C)(C)c2ccccc21. The van der Waals surface area contributed by atoms with Gasteiger partial charge >= 0.3 is 0 Å². The second-order valence-electron chi connectivity index (χ2n) is 9.31. The number of amides is 1. The number of nitrogens with one attached hydrogen (secondary N) is 1. The number of aromatic nitrogens is 2. The van der Waals surface area contributed by atoms with E-state index in [9.17, 15) is 9.59 Å². The predicted molar refractivity (Wildman–Crippen MR) is 143 cm³/mol. The number of carbonyl (C=O) groups is 1. The minimum Gasteiger partial charge on any atom is -0.347 e. The van der Waals surface area contributed by atoms with E-state index >= 15 is 0 Å². The largest absolute Gasteiger partial charge is 0.347 e. The average molecular weight is 478 g/mol. The van der Waals surface area contributed by atoms with E-state index in [1.165, 1.54) is 10.2 Å². The second-order valence-corrected chi connectivity index (χ2v) is 9.31. The number of carbonyl (C=O) groups excluding carboxylic acids is 1. The number of likely N-dealkylation sites (N-methyl/N-ethyl adjacent to an activating group) is 1. The molecule has 0 saturated heterocycles. The fraction of sp³-hybridized carbons (Fsp3) is 0.172. The maximum Gasteiger partial charge on any atom is 0.292 e. The quantitative estimate of drug-likeness (QED) is 0.340. The smallest absolute Gasteiger partial charge is 0.292 e. The lowest BCUT2D eigenvalue weighted by Crippen LogP contribution is -2.29. The topological polar surface area (TPSA) is 79.6 Å². The summed E-state index contributed by atoms with van der Waals surface area (Å²) in [4.78, 5) is 28.3. The van der Waals surface area contributed by atoms with Crippen LogP contribution in [0.4, 0.5) is 5.69 Å². The van der Waals surface area contributed by atoms with E-state index in [-0.39, 0.29) is 23.2 Å². The Bertz CT molecular complexity index is 1570. The summed E-state index contributed by atoms with van der Waals surface area (Å²) >= 11 is 0. The zero-order chi connectivity index (χ0) is 25.3. The van der Waals surface area contributed by atoms with E-state index in [4.69, 9.17) is 0 Å². The summed E-state index contributed by atoms with van der Waals surface area (Å²) < 4.78 is 1.32. The van der Waals surface area contributed by atoms with Crippen molar-refractivity contribution in [3.05, 3.63) is 118 Å². The molecule has 7 heteroatoms. The summed E-state index contributed by atoms with van der Waals surface area (Å²) in [6.45, 7) is 4.60. The normalized spacial score (nSPS) is 15.5. The van der Waals surface area contributed by atoms with E-state index in [0.29, 0.717) is 10.8 Å². The molecule has 1 aromatic heterocycles. The molecule has 0 radical (unpaired) electrons. The molecule has 1 amide bonds. The number of hydrazone groups is 1. The van der Waals surface area contributed by atoms with Gasteiger partial charge in [0.15, 0.2) is 5.69 Å². The van der Waals surface area contributed by atoms with Gasteiger partial charge in [-0.05, 0) is 29.3 Å². The standard InChI is InChI=1S/C29H27N5O2/c1-29(2)23-15-9-10-16-24(23)33(3)25(29)17-18-30-31-27(35)26-21-13-7-8-14-22(21)28(36)34(32-26)19-20-11-5-4-6-12-20/h4-18H,19H2,1-3H3,(H,31,35)/b25-17-,30-18+. The van der Waals surface area contributed by atoms with Crippen LogP contribution in [0.3, 0.4) is 0 Å². The van der Waals surface area contributed by atoms with Crippen molar-refractivity contribution in [2.45, 2.75) is 25.8 Å². The Labute approximate surface area is 209 Å². The summed E-state index contributed by atoms with van der Waals surface area (Å²) in [6.07, 6.45) is 3.49. The molecular weight excluding hydrogens is 450 g/mol. The molecule has 1 N–H and O–H groups in total. The Hall–Kier alpha value is -4.52. The lowest BCUT2D eigenvalue weighted by atomic mass is 9.84. The molecule has 3 aromatic carbocycles. The van der Waals surface area contributed by atoms with Crippen molar-refractivity contribution < 1.29 is 4.79 Å². The highest BCUT2D eigenvalue weighted by atomic mass is 16.2. The monoisotopic (exact) mass is 477 g/mol. The number of anilines is 1. The third-order valence-electron chi connectivity index (χ3n) is 6.67. The maximum absolute atomic E-state index is 13.1. The Balaban J connectivity index is 1.42. The van der Waals surface area contributed by atoms with Gasteiger partial charge in [0.2, 0.25) is 0 Å². The summed E-state index contributed by atoms with van der Waals surface area (Å²) in [5, 5.41) is 9.50. The number of nitrogens with zero attached hydrogens (tertiary/aromatic N) is 4. The van der Waals surface area contributed by atoms with Crippen molar-refractivity contribution in [2.75, 3.05) is 11.9 Å². The van der Waals surface area contributed by atoms with Crippen molar-refractivity contribution in [1.29, 1.82) is 0 Å². The van der Waals surface area contributed by atoms with Crippen LogP contribution < -0.4 is 15.9 Å². The van der Waals surface area contributed by atoms with Gasteiger partial charge in [0.1, 0.15) is 0 Å². The Morgan fingerprint density at radius 1 is 0.972 bits per heavy atom. The third kappa shape index (κ3) is 4.09. The van der Waals surface area contributed by atoms with Gasteiger partial charge in [-0.2, -0.15) is 10.2 Å². The fourth-order valence-electron chi connectivity index (χ4n) is 4.82. The van der Waals surface area contributed by atoms with Crippen molar-refractivity contribution >= 4 is 28.6 Å². The van der Waals surface area contributed by atoms with Crippen LogP contribution in [0.15, 0.2) is 101 Å². The van der Waals surface area contributed by atoms with Gasteiger partial charge in [0.05, 0.1) is 11.9 Å². The minimum absolute atomic E-state index is 0.150. The molecule has 0 saturated carbocycles. The Morgan fingerprint density at radius 2 is 1.64 bits per heavy atom. The first-order chi connectivity index (χ1) is 17.4. The summed E-state index contributed by atoms with van der Waals surface area (Å²) in [7, 11) is 2.03. The molecule has 2 heterocycles. The summed E-state index contributed by atoms with van der Waals surface area (Å²) in [5.41, 5.74) is 6.68. The first kappa shape index (κ1) is 23.2. The minimum atomic E-state index is -0.481. The van der Waals surface area contributed by atoms with Crippen LogP contribution in [-0.4, -0.2) is 28.9 Å². The van der Waals surface area contributed by atoms with Crippen LogP contribution in [-0.2, 0) is 12.0 Å². The maximum atomic E-state index is 13.1. The van der Waals surface area contributed by atoms with Crippen LogP contribution in [0.2, 0.25) is 0 Å². The lowest BCUT2D eigenvalue weighted by molar-refractivity contribution is 0.0949. The number of hydrogen-bond acceptors (Lipinski definition) is 5. The third-order valence-corrected chi connectivity index (χ3v) is 6.67. The number of fused-ring (bicyclic) bond motifs is 2. The zero-order valence-corrected chi connectivity index (χ0v) is 20.5. The number of para-hydroxylation sites is 1. The predicted octanol–water partition coefficient (Wildman–Crippen LogP) is 4.47. The van der Waals surface area contributed by atoms with Crippen molar-refractivity contribution in [2.24, 2.45) is 5.10 Å². The van der Waals surface area contributed by atoms with Crippen LogP contribution in [0, 0.1) is 0 Å². The molecule has 0 fully saturated rings. The first-order valence-corrected chi connectivity index (χ1v) is 11.8. The molecule has 180 valence electrons. The number of rotatable bonds is 5. The van der Waals surface area contributed by atoms with Gasteiger partial charge in [-0.25, -0.2) is 10.1 Å². The van der Waals surface area contributed by atoms with Gasteiger partial charge in [-0.15, -0.1) is 0 Å². The van der Waals surface area contributed by atoms with E-state index in [1.54, 1.807) is 30.5 Å². The molecule has 36 heavy (non-hydrogen) atoms. The highest BCUT2D eigenvalue weighted by Gasteiger charge is 2.37. The molecule has 4 aromatic rings. The molecule has 0 unspecified atom stereocenters. The molecule has 1 aliphatic heterocycles. The lowest BCUT2D eigenvalue weighted by Gasteiger charge is -2.23. The first-order valence-electron chi connectivity index (χ1n) is 11.8. The number of hydrogen-bond donors (Lipinski definition) is 1. The van der Waals surface area contributed by atoms with E-state index in [0.717, 1.165) is 16.9 Å². The fourth-order valence-corrected chi connectivity index (χ4v) is 4.82. The Kier molecular flexibility index (Phi) is 5.98. The molecule has 0 spiro atoms. The Morgan fingerprint density at radius 3 is 2.39 bits per heavy atom. The number of benzene rings is 3. The summed E-state index contributed by atoms with van der Waals surface area (Å²) in [5.74, 6) is -0.481. The van der Waals surface area contributed by atoms with Crippen molar-refractivity contribution in [3.8, 4) is 0 Å². The van der Waals surface area contributed by atoms with Crippen molar-refractivity contribution in [1.82, 2.24) is 15.2 Å².